The molecule has 0 amide bonds. The molecule has 1 rings (SSSR count). The van der Waals surface area contributed by atoms with Crippen molar-refractivity contribution in [2.24, 2.45) is 0 Å². The van der Waals surface area contributed by atoms with Gasteiger partial charge in [0.05, 0.1) is 6.61 Å². The first-order chi connectivity index (χ1) is 12.0. The van der Waals surface area contributed by atoms with E-state index in [4.69, 9.17) is 17.6 Å². The third-order valence-corrected chi connectivity index (χ3v) is 3.05. The molecule has 2 N–H and O–H groups in total. The van der Waals surface area contributed by atoms with Crippen molar-refractivity contribution in [1.29, 1.82) is 0 Å². The van der Waals surface area contributed by atoms with Gasteiger partial charge in [-0.15, -0.1) is 12.8 Å². The van der Waals surface area contributed by atoms with Crippen LogP contribution in [0.2, 0.25) is 0 Å². The number of ether oxygens (including phenoxy) is 3. The van der Waals surface area contributed by atoms with E-state index in [1.54, 1.807) is 36.1 Å². The van der Waals surface area contributed by atoms with Gasteiger partial charge in [-0.2, -0.15) is 0 Å². The fraction of sp³-hybridized carbons (Fsp3) is 0.333. The maximum absolute atomic E-state index is 11.0. The molecule has 0 heterocycles. The lowest BCUT2D eigenvalue weighted by Crippen LogP contribution is -2.45. The summed E-state index contributed by atoms with van der Waals surface area (Å²) >= 11 is 0. The van der Waals surface area contributed by atoms with E-state index in [-0.39, 0.29) is 6.61 Å². The van der Waals surface area contributed by atoms with Gasteiger partial charge in [0, 0.05) is 11.8 Å². The van der Waals surface area contributed by atoms with Crippen molar-refractivity contribution in [3.05, 3.63) is 35.9 Å². The molecule has 7 heteroatoms. The second-order valence-corrected chi connectivity index (χ2v) is 4.88. The molecule has 1 aromatic carbocycles. The summed E-state index contributed by atoms with van der Waals surface area (Å²) in [5.74, 6) is 1.53. The molecule has 0 aromatic heterocycles. The predicted molar refractivity (Wildman–Crippen MR) is 86.6 cm³/mol. The van der Waals surface area contributed by atoms with Gasteiger partial charge in [-0.3, -0.25) is 0 Å². The van der Waals surface area contributed by atoms with Crippen molar-refractivity contribution in [3.8, 4) is 24.7 Å². The number of aliphatic hydroxyl groups is 2. The molecule has 0 saturated carbocycles. The van der Waals surface area contributed by atoms with E-state index in [0.29, 0.717) is 0 Å². The Kier molecular flexibility index (Phi) is 8.77. The molecule has 0 aliphatic rings. The molecule has 132 valence electrons. The molecule has 0 fully saturated rings. The highest BCUT2D eigenvalue weighted by molar-refractivity contribution is 5.87. The number of benzene rings is 1. The van der Waals surface area contributed by atoms with Crippen LogP contribution in [0.1, 0.15) is 5.56 Å². The van der Waals surface area contributed by atoms with Crippen molar-refractivity contribution in [2.45, 2.75) is 24.9 Å². The van der Waals surface area contributed by atoms with Crippen molar-refractivity contribution in [1.82, 2.24) is 0 Å². The Morgan fingerprint density at radius 3 is 1.88 bits per heavy atom. The van der Waals surface area contributed by atoms with Crippen LogP contribution in [0.3, 0.4) is 0 Å². The van der Waals surface area contributed by atoms with Crippen LogP contribution in [0.15, 0.2) is 30.3 Å². The van der Waals surface area contributed by atoms with Crippen LogP contribution in [-0.2, 0) is 30.4 Å². The lowest BCUT2D eigenvalue weighted by Gasteiger charge is -2.27. The maximum Gasteiger partial charge on any atom is 0.384 e. The first-order valence-corrected chi connectivity index (χ1v) is 7.26. The van der Waals surface area contributed by atoms with Crippen LogP contribution in [-0.4, -0.2) is 53.7 Å². The quantitative estimate of drug-likeness (QED) is 0.358. The predicted octanol–water partition coefficient (Wildman–Crippen LogP) is -0.354. The van der Waals surface area contributed by atoms with Crippen LogP contribution >= 0.6 is 0 Å². The number of terminal acetylenes is 2. The Labute approximate surface area is 145 Å². The summed E-state index contributed by atoms with van der Waals surface area (Å²) in [5.41, 5.74) is 0.785. The lowest BCUT2D eigenvalue weighted by molar-refractivity contribution is -0.160. The molecule has 0 radical (unpaired) electrons. The Hall–Kier alpha value is -2.84. The fourth-order valence-electron chi connectivity index (χ4n) is 1.84. The topological polar surface area (TPSA) is 102 Å². The summed E-state index contributed by atoms with van der Waals surface area (Å²) in [5, 5.41) is 20.2. The summed E-state index contributed by atoms with van der Waals surface area (Å²) in [6, 6.07) is 8.98. The van der Waals surface area contributed by atoms with E-state index < -0.39 is 43.5 Å². The van der Waals surface area contributed by atoms with E-state index >= 15 is 0 Å². The minimum atomic E-state index is -1.40. The molecule has 25 heavy (non-hydrogen) atoms. The average Bonchev–Trinajstić information content (AvgIpc) is 2.64. The molecule has 1 aromatic rings. The van der Waals surface area contributed by atoms with Gasteiger partial charge in [0.25, 0.3) is 0 Å². The van der Waals surface area contributed by atoms with Gasteiger partial charge in [-0.05, 0) is 5.56 Å². The molecule has 0 aliphatic heterocycles. The third-order valence-electron chi connectivity index (χ3n) is 3.05. The van der Waals surface area contributed by atoms with Gasteiger partial charge >= 0.3 is 11.9 Å². The Bertz CT molecular complexity index is 606. The molecular weight excluding hydrogens is 328 g/mol. The second-order valence-electron chi connectivity index (χ2n) is 4.88. The smallest absolute Gasteiger partial charge is 0.384 e. The van der Waals surface area contributed by atoms with Crippen LogP contribution in [0.4, 0.5) is 0 Å². The fourth-order valence-corrected chi connectivity index (χ4v) is 1.84. The van der Waals surface area contributed by atoms with Crippen molar-refractivity contribution in [3.63, 3.8) is 0 Å². The van der Waals surface area contributed by atoms with Gasteiger partial charge in [0.15, 0.2) is 0 Å². The van der Waals surface area contributed by atoms with Crippen molar-refractivity contribution < 1.29 is 34.0 Å². The number of carbonyl (C=O) groups excluding carboxylic acids is 2. The highest BCUT2D eigenvalue weighted by Gasteiger charge is 2.30. The molecule has 0 bridgehead atoms. The molecular formula is C18H18O7. The number of hydrogen-bond acceptors (Lipinski definition) is 7. The van der Waals surface area contributed by atoms with Crippen molar-refractivity contribution >= 4 is 11.9 Å². The zero-order chi connectivity index (χ0) is 18.7. The number of carbonyl (C=O) groups is 2. The van der Waals surface area contributed by atoms with Crippen LogP contribution in [0.5, 0.6) is 0 Å². The molecule has 0 spiro atoms. The van der Waals surface area contributed by atoms with Crippen molar-refractivity contribution in [2.75, 3.05) is 13.2 Å². The van der Waals surface area contributed by atoms with Gasteiger partial charge in [-0.25, -0.2) is 9.59 Å². The number of esters is 2. The van der Waals surface area contributed by atoms with E-state index in [0.717, 1.165) is 5.56 Å². The standard InChI is InChI=1S/C18H18O7/c1-3-16(21)23-11-14(19)18(15(20)12-24-17(22)4-2)25-10-13-8-6-5-7-9-13/h1-2,5-9,14-15,18-20H,10-12H2/t14-,15-/m0/s1. The lowest BCUT2D eigenvalue weighted by atomic mass is 10.1. The van der Waals surface area contributed by atoms with Gasteiger partial charge in [0.1, 0.15) is 31.5 Å². The SMILES string of the molecule is C#CC(=O)OC[C@H](O)C(OCc1ccccc1)[C@@H](O)COC(=O)C#C. The molecule has 0 aliphatic carbocycles. The number of rotatable bonds is 9. The van der Waals surface area contributed by atoms with E-state index in [1.807, 2.05) is 6.07 Å². The summed E-state index contributed by atoms with van der Waals surface area (Å²) in [6.07, 6.45) is 5.71. The minimum Gasteiger partial charge on any atom is -0.453 e. The molecule has 7 nitrogen and oxygen atoms in total. The highest BCUT2D eigenvalue weighted by atomic mass is 16.6. The second kappa shape index (κ2) is 10.8. The monoisotopic (exact) mass is 346 g/mol. The van der Waals surface area contributed by atoms with Crippen LogP contribution < -0.4 is 0 Å². The average molecular weight is 346 g/mol. The first-order valence-electron chi connectivity index (χ1n) is 7.26. The number of aliphatic hydroxyl groups excluding tert-OH is 2. The van der Waals surface area contributed by atoms with E-state index in [9.17, 15) is 19.8 Å². The Balaban J connectivity index is 2.70. The Morgan fingerprint density at radius 2 is 1.44 bits per heavy atom. The highest BCUT2D eigenvalue weighted by Crippen LogP contribution is 2.12. The molecule has 0 saturated heterocycles. The zero-order valence-corrected chi connectivity index (χ0v) is 13.3. The summed E-state index contributed by atoms with van der Waals surface area (Å²) in [7, 11) is 0. The number of hydrogen-bond donors (Lipinski definition) is 2. The molecule has 2 atom stereocenters. The van der Waals surface area contributed by atoms with E-state index in [2.05, 4.69) is 9.47 Å². The first kappa shape index (κ1) is 20.2. The largest absolute Gasteiger partial charge is 0.453 e. The van der Waals surface area contributed by atoms with Crippen LogP contribution in [0, 0.1) is 24.7 Å². The Morgan fingerprint density at radius 1 is 0.960 bits per heavy atom. The third kappa shape index (κ3) is 7.51. The maximum atomic E-state index is 11.0. The zero-order valence-electron chi connectivity index (χ0n) is 13.3. The minimum absolute atomic E-state index is 0.0613. The summed E-state index contributed by atoms with van der Waals surface area (Å²) in [4.78, 5) is 22.0. The van der Waals surface area contributed by atoms with E-state index in [1.165, 1.54) is 0 Å². The normalized spacial score (nSPS) is 12.5. The summed E-state index contributed by atoms with van der Waals surface area (Å²) < 4.78 is 14.8. The summed E-state index contributed by atoms with van der Waals surface area (Å²) in [6.45, 7) is -0.933. The van der Waals surface area contributed by atoms with Crippen LogP contribution in [0.25, 0.3) is 0 Å². The van der Waals surface area contributed by atoms with Gasteiger partial charge < -0.3 is 24.4 Å². The molecule has 0 unspecified atom stereocenters. The van der Waals surface area contributed by atoms with Gasteiger partial charge in [0.2, 0.25) is 0 Å². The van der Waals surface area contributed by atoms with Gasteiger partial charge in [-0.1, -0.05) is 30.3 Å².